The van der Waals surface area contributed by atoms with Gasteiger partial charge in [-0.15, -0.1) is 0 Å². The van der Waals surface area contributed by atoms with Crippen molar-refractivity contribution in [1.82, 2.24) is 25.0 Å². The Morgan fingerprint density at radius 2 is 1.89 bits per heavy atom. The lowest BCUT2D eigenvalue weighted by atomic mass is 9.99. The number of carbonyl (C=O) groups excluding carboxylic acids is 1. The summed E-state index contributed by atoms with van der Waals surface area (Å²) >= 11 is 0. The van der Waals surface area contributed by atoms with Crippen LogP contribution >= 0.6 is 0 Å². The van der Waals surface area contributed by atoms with Crippen LogP contribution in [0.1, 0.15) is 24.2 Å². The summed E-state index contributed by atoms with van der Waals surface area (Å²) in [7, 11) is 4.02. The number of pyridine rings is 1. The zero-order valence-electron chi connectivity index (χ0n) is 16.4. The fourth-order valence-corrected chi connectivity index (χ4v) is 3.31. The minimum absolute atomic E-state index is 0.0684. The maximum absolute atomic E-state index is 12.5. The number of carbonyl (C=O) groups is 1. The molecule has 2 aromatic heterocycles. The first-order valence-corrected chi connectivity index (χ1v) is 9.24. The van der Waals surface area contributed by atoms with Crippen LogP contribution in [0.25, 0.3) is 0 Å². The first-order valence-electron chi connectivity index (χ1n) is 9.24. The summed E-state index contributed by atoms with van der Waals surface area (Å²) in [6.45, 7) is 2.55. The number of rotatable bonds is 7. The highest BCUT2D eigenvalue weighted by molar-refractivity contribution is 5.89. The first-order chi connectivity index (χ1) is 13.5. The van der Waals surface area contributed by atoms with Crippen LogP contribution in [0, 0.1) is 0 Å². The second-order valence-corrected chi connectivity index (χ2v) is 6.95. The average Bonchev–Trinajstić information content (AvgIpc) is 3.09. The van der Waals surface area contributed by atoms with Gasteiger partial charge in [0.05, 0.1) is 30.2 Å². The van der Waals surface area contributed by atoms with E-state index in [9.17, 15) is 4.79 Å². The van der Waals surface area contributed by atoms with Crippen LogP contribution < -0.4 is 10.6 Å². The minimum Gasteiger partial charge on any atom is -0.333 e. The number of urea groups is 1. The quantitative estimate of drug-likeness (QED) is 0.662. The molecule has 28 heavy (non-hydrogen) atoms. The molecule has 0 spiro atoms. The highest BCUT2D eigenvalue weighted by Gasteiger charge is 2.23. The molecule has 2 N–H and O–H groups in total. The molecule has 2 heterocycles. The van der Waals surface area contributed by atoms with Gasteiger partial charge >= 0.3 is 6.03 Å². The zero-order valence-corrected chi connectivity index (χ0v) is 16.4. The van der Waals surface area contributed by atoms with Crippen molar-refractivity contribution in [2.24, 2.45) is 0 Å². The number of aromatic nitrogens is 3. The maximum Gasteiger partial charge on any atom is 0.319 e. The van der Waals surface area contributed by atoms with Gasteiger partial charge in [-0.05, 0) is 38.7 Å². The predicted octanol–water partition coefficient (Wildman–Crippen LogP) is 3.14. The van der Waals surface area contributed by atoms with Gasteiger partial charge in [-0.25, -0.2) is 4.79 Å². The van der Waals surface area contributed by atoms with Gasteiger partial charge in [-0.2, -0.15) is 5.10 Å². The molecule has 0 saturated heterocycles. The van der Waals surface area contributed by atoms with Crippen LogP contribution in [0.2, 0.25) is 0 Å². The van der Waals surface area contributed by atoms with E-state index in [-0.39, 0.29) is 18.1 Å². The third-order valence-corrected chi connectivity index (χ3v) is 4.47. The normalized spacial score (nSPS) is 13.1. The van der Waals surface area contributed by atoms with Crippen LogP contribution in [-0.2, 0) is 6.54 Å². The Kier molecular flexibility index (Phi) is 6.39. The van der Waals surface area contributed by atoms with E-state index in [1.165, 1.54) is 0 Å². The minimum atomic E-state index is -0.257. The van der Waals surface area contributed by atoms with Gasteiger partial charge in [-0.1, -0.05) is 36.4 Å². The van der Waals surface area contributed by atoms with Crippen molar-refractivity contribution in [2.75, 3.05) is 19.4 Å². The van der Waals surface area contributed by atoms with Gasteiger partial charge in [0.15, 0.2) is 0 Å². The van der Waals surface area contributed by atoms with Crippen LogP contribution in [0.15, 0.2) is 67.1 Å². The summed E-state index contributed by atoms with van der Waals surface area (Å²) in [5.74, 6) is 0. The van der Waals surface area contributed by atoms with Crippen molar-refractivity contribution < 1.29 is 4.79 Å². The van der Waals surface area contributed by atoms with Gasteiger partial charge < -0.3 is 15.5 Å². The number of hydrogen-bond donors (Lipinski definition) is 2. The van der Waals surface area contributed by atoms with Crippen molar-refractivity contribution in [3.05, 3.63) is 78.4 Å². The van der Waals surface area contributed by atoms with Gasteiger partial charge in [0.25, 0.3) is 0 Å². The molecule has 0 aliphatic carbocycles. The topological polar surface area (TPSA) is 75.1 Å². The Morgan fingerprint density at radius 3 is 2.57 bits per heavy atom. The summed E-state index contributed by atoms with van der Waals surface area (Å²) in [5, 5.41) is 10.2. The van der Waals surface area contributed by atoms with E-state index in [0.717, 1.165) is 11.3 Å². The molecule has 0 fully saturated rings. The van der Waals surface area contributed by atoms with E-state index in [0.29, 0.717) is 12.2 Å². The van der Waals surface area contributed by atoms with Crippen molar-refractivity contribution in [3.8, 4) is 0 Å². The number of anilines is 1. The molecule has 0 aliphatic heterocycles. The second-order valence-electron chi connectivity index (χ2n) is 6.95. The van der Waals surface area contributed by atoms with Crippen molar-refractivity contribution >= 4 is 11.7 Å². The number of nitrogens with one attached hydrogen (secondary N) is 2. The maximum atomic E-state index is 12.5. The lowest BCUT2D eigenvalue weighted by Crippen LogP contribution is -2.44. The molecular weight excluding hydrogens is 352 g/mol. The molecule has 0 radical (unpaired) electrons. The van der Waals surface area contributed by atoms with Crippen LogP contribution in [-0.4, -0.2) is 45.8 Å². The Bertz CT molecular complexity index is 878. The fourth-order valence-electron chi connectivity index (χ4n) is 3.31. The summed E-state index contributed by atoms with van der Waals surface area (Å²) < 4.78 is 1.74. The van der Waals surface area contributed by atoms with Crippen LogP contribution in [0.5, 0.6) is 0 Å². The zero-order chi connectivity index (χ0) is 19.9. The molecule has 3 aromatic rings. The Balaban J connectivity index is 1.59. The molecule has 7 nitrogen and oxygen atoms in total. The molecule has 146 valence electrons. The van der Waals surface area contributed by atoms with Gasteiger partial charge in [0.1, 0.15) is 0 Å². The summed E-state index contributed by atoms with van der Waals surface area (Å²) in [6, 6.07) is 15.6. The van der Waals surface area contributed by atoms with Crippen molar-refractivity contribution in [3.63, 3.8) is 0 Å². The number of benzene rings is 1. The fraction of sp³-hybridized carbons (Fsp3) is 0.286. The largest absolute Gasteiger partial charge is 0.333 e. The van der Waals surface area contributed by atoms with E-state index in [1.54, 1.807) is 23.3 Å². The lowest BCUT2D eigenvalue weighted by molar-refractivity contribution is 0.223. The summed E-state index contributed by atoms with van der Waals surface area (Å²) in [6.07, 6.45) is 5.17. The third-order valence-electron chi connectivity index (χ3n) is 4.47. The second kappa shape index (κ2) is 9.14. The van der Waals surface area contributed by atoms with E-state index < -0.39 is 0 Å². The molecule has 0 saturated carbocycles. The first kappa shape index (κ1) is 19.6. The monoisotopic (exact) mass is 378 g/mol. The van der Waals surface area contributed by atoms with E-state index in [2.05, 4.69) is 37.7 Å². The Labute approximate surface area is 165 Å². The molecule has 1 aromatic carbocycles. The Hall–Kier alpha value is -3.19. The number of hydrogen-bond acceptors (Lipinski definition) is 4. The standard InChI is InChI=1S/C21H26N6O/c1-16(20(26(2)3)17-9-5-4-6-10-17)24-21(28)25-19-13-23-27(15-19)14-18-11-7-8-12-22-18/h4-13,15-16,20H,14H2,1-3H3,(H2,24,25,28)/t16-,20-/m1/s1. The highest BCUT2D eigenvalue weighted by atomic mass is 16.2. The smallest absolute Gasteiger partial charge is 0.319 e. The molecule has 0 bridgehead atoms. The van der Waals surface area contributed by atoms with Gasteiger partial charge in [-0.3, -0.25) is 9.67 Å². The van der Waals surface area contributed by atoms with E-state index >= 15 is 0 Å². The molecular formula is C21H26N6O. The van der Waals surface area contributed by atoms with Crippen LogP contribution in [0.4, 0.5) is 10.5 Å². The van der Waals surface area contributed by atoms with Crippen molar-refractivity contribution in [1.29, 1.82) is 0 Å². The number of likely N-dealkylation sites (N-methyl/N-ethyl adjacent to an activating group) is 1. The van der Waals surface area contributed by atoms with Crippen LogP contribution in [0.3, 0.4) is 0 Å². The van der Waals surface area contributed by atoms with E-state index in [1.807, 2.05) is 57.4 Å². The summed E-state index contributed by atoms with van der Waals surface area (Å²) in [4.78, 5) is 18.8. The highest BCUT2D eigenvalue weighted by Crippen LogP contribution is 2.21. The lowest BCUT2D eigenvalue weighted by Gasteiger charge is -2.31. The number of amides is 2. The average molecular weight is 378 g/mol. The van der Waals surface area contributed by atoms with Gasteiger partial charge in [0.2, 0.25) is 0 Å². The molecule has 2 amide bonds. The van der Waals surface area contributed by atoms with Crippen molar-refractivity contribution in [2.45, 2.75) is 25.6 Å². The molecule has 7 heteroatoms. The molecule has 2 atom stereocenters. The predicted molar refractivity (Wildman–Crippen MR) is 110 cm³/mol. The molecule has 3 rings (SSSR count). The SMILES string of the molecule is C[C@@H](NC(=O)Nc1cnn(Cc2ccccn2)c1)[C@H](c1ccccc1)N(C)C. The summed E-state index contributed by atoms with van der Waals surface area (Å²) in [5.41, 5.74) is 2.71. The van der Waals surface area contributed by atoms with E-state index in [4.69, 9.17) is 0 Å². The third kappa shape index (κ3) is 5.17. The molecule has 0 aliphatic rings. The number of nitrogens with zero attached hydrogens (tertiary/aromatic N) is 4. The Morgan fingerprint density at radius 1 is 1.14 bits per heavy atom. The molecule has 0 unspecified atom stereocenters. The van der Waals surface area contributed by atoms with Gasteiger partial charge in [0, 0.05) is 18.4 Å².